The Morgan fingerprint density at radius 3 is 2.14 bits per heavy atom. The summed E-state index contributed by atoms with van der Waals surface area (Å²) in [6, 6.07) is 12.1. The SMILES string of the molecule is CC(=O)Oc1ccc(OC(C)=O)c2c(C)c(C(=O)OCc3ccccc3)oc12. The number of hydrogen-bond acceptors (Lipinski definition) is 7. The zero-order chi connectivity index (χ0) is 20.3. The lowest BCUT2D eigenvalue weighted by Gasteiger charge is -2.06. The molecule has 3 aromatic rings. The van der Waals surface area contributed by atoms with Gasteiger partial charge >= 0.3 is 17.9 Å². The number of furan rings is 1. The highest BCUT2D eigenvalue weighted by molar-refractivity contribution is 6.01. The van der Waals surface area contributed by atoms with Crippen LogP contribution < -0.4 is 9.47 Å². The molecule has 0 spiro atoms. The van der Waals surface area contributed by atoms with Crippen molar-refractivity contribution in [1.29, 1.82) is 0 Å². The second-order valence-corrected chi connectivity index (χ2v) is 6.07. The predicted octanol–water partition coefficient (Wildman–Crippen LogP) is 3.95. The van der Waals surface area contributed by atoms with E-state index in [1.165, 1.54) is 26.0 Å². The molecule has 0 aliphatic carbocycles. The van der Waals surface area contributed by atoms with E-state index in [2.05, 4.69) is 0 Å². The molecule has 7 heteroatoms. The van der Waals surface area contributed by atoms with Crippen molar-refractivity contribution in [3.63, 3.8) is 0 Å². The van der Waals surface area contributed by atoms with Crippen molar-refractivity contribution >= 4 is 28.9 Å². The normalized spacial score (nSPS) is 10.5. The first kappa shape index (κ1) is 19.2. The van der Waals surface area contributed by atoms with Crippen LogP contribution in [0.3, 0.4) is 0 Å². The number of fused-ring (bicyclic) bond motifs is 1. The van der Waals surface area contributed by atoms with Gasteiger partial charge in [0.25, 0.3) is 0 Å². The predicted molar refractivity (Wildman–Crippen MR) is 99.1 cm³/mol. The molecule has 7 nitrogen and oxygen atoms in total. The first-order valence-electron chi connectivity index (χ1n) is 8.50. The molecule has 2 aromatic carbocycles. The minimum Gasteiger partial charge on any atom is -0.455 e. The molecule has 0 bridgehead atoms. The van der Waals surface area contributed by atoms with Crippen LogP contribution in [0.2, 0.25) is 0 Å². The Bertz CT molecular complexity index is 1050. The molecule has 0 saturated carbocycles. The monoisotopic (exact) mass is 382 g/mol. The molecule has 0 atom stereocenters. The summed E-state index contributed by atoms with van der Waals surface area (Å²) >= 11 is 0. The van der Waals surface area contributed by atoms with Crippen molar-refractivity contribution in [2.24, 2.45) is 0 Å². The summed E-state index contributed by atoms with van der Waals surface area (Å²) in [6.45, 7) is 4.21. The molecule has 0 aliphatic rings. The second kappa shape index (κ2) is 7.96. The summed E-state index contributed by atoms with van der Waals surface area (Å²) in [7, 11) is 0. The number of aryl methyl sites for hydroxylation is 1. The van der Waals surface area contributed by atoms with Crippen molar-refractivity contribution in [3.05, 3.63) is 59.4 Å². The van der Waals surface area contributed by atoms with Gasteiger partial charge in [0, 0.05) is 19.4 Å². The molecule has 0 aliphatic heterocycles. The van der Waals surface area contributed by atoms with Gasteiger partial charge in [0.2, 0.25) is 5.76 Å². The molecular weight excluding hydrogens is 364 g/mol. The molecule has 0 unspecified atom stereocenters. The summed E-state index contributed by atoms with van der Waals surface area (Å²) in [4.78, 5) is 35.3. The van der Waals surface area contributed by atoms with Crippen molar-refractivity contribution < 1.29 is 33.0 Å². The van der Waals surface area contributed by atoms with Crippen LogP contribution >= 0.6 is 0 Å². The minimum absolute atomic E-state index is 0.0565. The summed E-state index contributed by atoms with van der Waals surface area (Å²) in [5.41, 5.74) is 1.36. The van der Waals surface area contributed by atoms with E-state index in [4.69, 9.17) is 18.6 Å². The fourth-order valence-corrected chi connectivity index (χ4v) is 2.75. The Hall–Kier alpha value is -3.61. The molecule has 1 aromatic heterocycles. The molecule has 0 radical (unpaired) electrons. The van der Waals surface area contributed by atoms with E-state index >= 15 is 0 Å². The van der Waals surface area contributed by atoms with Crippen LogP contribution in [0, 0.1) is 6.92 Å². The van der Waals surface area contributed by atoms with Crippen LogP contribution in [0.5, 0.6) is 11.5 Å². The van der Waals surface area contributed by atoms with Crippen molar-refractivity contribution in [2.75, 3.05) is 0 Å². The van der Waals surface area contributed by atoms with E-state index < -0.39 is 17.9 Å². The first-order valence-corrected chi connectivity index (χ1v) is 8.50. The fourth-order valence-electron chi connectivity index (χ4n) is 2.75. The number of esters is 3. The molecule has 3 rings (SSSR count). The molecule has 0 N–H and O–H groups in total. The maximum absolute atomic E-state index is 12.5. The highest BCUT2D eigenvalue weighted by Crippen LogP contribution is 2.39. The Labute approximate surface area is 160 Å². The van der Waals surface area contributed by atoms with Crippen LogP contribution in [0.25, 0.3) is 11.0 Å². The van der Waals surface area contributed by atoms with E-state index in [1.54, 1.807) is 6.92 Å². The smallest absolute Gasteiger partial charge is 0.374 e. The highest BCUT2D eigenvalue weighted by atomic mass is 16.6. The molecule has 0 saturated heterocycles. The van der Waals surface area contributed by atoms with E-state index in [0.717, 1.165) is 5.56 Å². The lowest BCUT2D eigenvalue weighted by Crippen LogP contribution is -2.05. The third-order valence-corrected chi connectivity index (χ3v) is 3.91. The van der Waals surface area contributed by atoms with Crippen LogP contribution in [0.4, 0.5) is 0 Å². The number of ether oxygens (including phenoxy) is 3. The summed E-state index contributed by atoms with van der Waals surface area (Å²) in [6.07, 6.45) is 0. The van der Waals surface area contributed by atoms with Crippen molar-refractivity contribution in [1.82, 2.24) is 0 Å². The topological polar surface area (TPSA) is 92.0 Å². The number of carbonyl (C=O) groups excluding carboxylic acids is 3. The average Bonchev–Trinajstić information content (AvgIpc) is 3.00. The average molecular weight is 382 g/mol. The quantitative estimate of drug-likeness (QED) is 0.487. The van der Waals surface area contributed by atoms with E-state index in [9.17, 15) is 14.4 Å². The van der Waals surface area contributed by atoms with Gasteiger partial charge in [-0.25, -0.2) is 4.79 Å². The summed E-state index contributed by atoms with van der Waals surface area (Å²) < 4.78 is 21.3. The van der Waals surface area contributed by atoms with E-state index in [0.29, 0.717) is 10.9 Å². The largest absolute Gasteiger partial charge is 0.455 e. The van der Waals surface area contributed by atoms with Crippen LogP contribution in [0.1, 0.15) is 35.5 Å². The van der Waals surface area contributed by atoms with Gasteiger partial charge in [-0.1, -0.05) is 30.3 Å². The molecule has 28 heavy (non-hydrogen) atoms. The Morgan fingerprint density at radius 2 is 1.50 bits per heavy atom. The fraction of sp³-hybridized carbons (Fsp3) is 0.190. The summed E-state index contributed by atoms with van der Waals surface area (Å²) in [5, 5.41) is 0.362. The van der Waals surface area contributed by atoms with Gasteiger partial charge in [-0.2, -0.15) is 0 Å². The maximum atomic E-state index is 12.5. The van der Waals surface area contributed by atoms with Crippen LogP contribution in [-0.4, -0.2) is 17.9 Å². The van der Waals surface area contributed by atoms with Gasteiger partial charge in [-0.05, 0) is 24.6 Å². The van der Waals surface area contributed by atoms with Crippen molar-refractivity contribution in [2.45, 2.75) is 27.4 Å². The zero-order valence-corrected chi connectivity index (χ0v) is 15.6. The Kier molecular flexibility index (Phi) is 5.44. The van der Waals surface area contributed by atoms with Gasteiger partial charge in [-0.15, -0.1) is 0 Å². The van der Waals surface area contributed by atoms with Crippen LogP contribution in [-0.2, 0) is 20.9 Å². The Morgan fingerprint density at radius 1 is 0.893 bits per heavy atom. The number of benzene rings is 2. The van der Waals surface area contributed by atoms with Gasteiger partial charge in [0.1, 0.15) is 12.4 Å². The molecule has 144 valence electrons. The second-order valence-electron chi connectivity index (χ2n) is 6.07. The molecular formula is C21H18O7. The Balaban J connectivity index is 2.00. The highest BCUT2D eigenvalue weighted by Gasteiger charge is 2.25. The number of hydrogen-bond donors (Lipinski definition) is 0. The van der Waals surface area contributed by atoms with E-state index in [1.807, 2.05) is 30.3 Å². The van der Waals surface area contributed by atoms with Gasteiger partial charge < -0.3 is 18.6 Å². The van der Waals surface area contributed by atoms with E-state index in [-0.39, 0.29) is 29.4 Å². The first-order chi connectivity index (χ1) is 13.4. The molecule has 0 fully saturated rings. The van der Waals surface area contributed by atoms with Gasteiger partial charge in [-0.3, -0.25) is 9.59 Å². The van der Waals surface area contributed by atoms with Crippen molar-refractivity contribution in [3.8, 4) is 11.5 Å². The third kappa shape index (κ3) is 4.03. The third-order valence-electron chi connectivity index (χ3n) is 3.91. The molecule has 0 amide bonds. The summed E-state index contributed by atoms with van der Waals surface area (Å²) in [5.74, 6) is -1.51. The minimum atomic E-state index is -0.680. The lowest BCUT2D eigenvalue weighted by atomic mass is 10.1. The standard InChI is InChI=1S/C21H18O7/c1-12-18-16(26-13(2)22)9-10-17(27-14(3)23)20(18)28-19(12)21(24)25-11-15-7-5-4-6-8-15/h4-10H,11H2,1-3H3. The zero-order valence-electron chi connectivity index (χ0n) is 15.6. The molecule has 1 heterocycles. The number of carbonyl (C=O) groups is 3. The maximum Gasteiger partial charge on any atom is 0.374 e. The van der Waals surface area contributed by atoms with Crippen LogP contribution in [0.15, 0.2) is 46.9 Å². The van der Waals surface area contributed by atoms with Gasteiger partial charge in [0.05, 0.1) is 5.39 Å². The van der Waals surface area contributed by atoms with Gasteiger partial charge in [0.15, 0.2) is 11.3 Å². The number of rotatable bonds is 5. The lowest BCUT2D eigenvalue weighted by molar-refractivity contribution is -0.133.